The Morgan fingerprint density at radius 1 is 0.857 bits per heavy atom. The SMILES string of the molecule is Brc1ccc(C=Nc2ccc(Oc3ccccc3)cc2)s1. The third-order valence-corrected chi connectivity index (χ3v) is 4.31. The molecule has 0 spiro atoms. The lowest BCUT2D eigenvalue weighted by atomic mass is 10.3. The van der Waals surface area contributed by atoms with Crippen LogP contribution in [0.3, 0.4) is 0 Å². The van der Waals surface area contributed by atoms with Gasteiger partial charge < -0.3 is 4.74 Å². The number of thiophene rings is 1. The minimum absolute atomic E-state index is 0.805. The molecule has 1 aromatic heterocycles. The van der Waals surface area contributed by atoms with Crippen molar-refractivity contribution in [2.24, 2.45) is 4.99 Å². The highest BCUT2D eigenvalue weighted by Gasteiger charge is 1.97. The lowest BCUT2D eigenvalue weighted by Gasteiger charge is -2.05. The number of rotatable bonds is 4. The van der Waals surface area contributed by atoms with Crippen LogP contribution in [0, 0.1) is 0 Å². The van der Waals surface area contributed by atoms with Gasteiger partial charge in [-0.2, -0.15) is 0 Å². The molecule has 0 aliphatic rings. The van der Waals surface area contributed by atoms with Gasteiger partial charge in [0.2, 0.25) is 0 Å². The van der Waals surface area contributed by atoms with Crippen molar-refractivity contribution < 1.29 is 4.74 Å². The van der Waals surface area contributed by atoms with Crippen molar-refractivity contribution in [2.45, 2.75) is 0 Å². The van der Waals surface area contributed by atoms with Crippen LogP contribution in [0.15, 0.2) is 75.5 Å². The quantitative estimate of drug-likeness (QED) is 0.520. The molecule has 1 heterocycles. The minimum atomic E-state index is 0.805. The molecule has 3 aromatic rings. The molecule has 0 N–H and O–H groups in total. The van der Waals surface area contributed by atoms with E-state index < -0.39 is 0 Å². The van der Waals surface area contributed by atoms with E-state index in [9.17, 15) is 0 Å². The van der Waals surface area contributed by atoms with E-state index in [-0.39, 0.29) is 0 Å². The first-order valence-corrected chi connectivity index (χ1v) is 8.03. The normalized spacial score (nSPS) is 10.9. The molecule has 21 heavy (non-hydrogen) atoms. The van der Waals surface area contributed by atoms with Crippen molar-refractivity contribution in [1.29, 1.82) is 0 Å². The first-order valence-electron chi connectivity index (χ1n) is 6.42. The third kappa shape index (κ3) is 4.03. The van der Waals surface area contributed by atoms with E-state index in [1.165, 1.54) is 0 Å². The zero-order valence-electron chi connectivity index (χ0n) is 11.1. The maximum Gasteiger partial charge on any atom is 0.127 e. The van der Waals surface area contributed by atoms with Gasteiger partial charge in [0.15, 0.2) is 0 Å². The molecular weight excluding hydrogens is 346 g/mol. The molecule has 0 radical (unpaired) electrons. The van der Waals surface area contributed by atoms with Crippen LogP contribution in [0.2, 0.25) is 0 Å². The zero-order chi connectivity index (χ0) is 14.5. The number of ether oxygens (including phenoxy) is 1. The summed E-state index contributed by atoms with van der Waals surface area (Å²) >= 11 is 5.09. The van der Waals surface area contributed by atoms with Gasteiger partial charge >= 0.3 is 0 Å². The molecule has 0 saturated heterocycles. The largest absolute Gasteiger partial charge is 0.457 e. The number of halogens is 1. The predicted octanol–water partition coefficient (Wildman–Crippen LogP) is 6.05. The van der Waals surface area contributed by atoms with Crippen LogP contribution >= 0.6 is 27.3 Å². The van der Waals surface area contributed by atoms with Gasteiger partial charge in [0.1, 0.15) is 11.5 Å². The van der Waals surface area contributed by atoms with E-state index in [0.29, 0.717) is 0 Å². The standard InChI is InChI=1S/C17H12BrNOS/c18-17-11-10-16(21-17)12-19-13-6-8-15(9-7-13)20-14-4-2-1-3-5-14/h1-12H. The smallest absolute Gasteiger partial charge is 0.127 e. The highest BCUT2D eigenvalue weighted by atomic mass is 79.9. The van der Waals surface area contributed by atoms with Gasteiger partial charge in [-0.3, -0.25) is 4.99 Å². The minimum Gasteiger partial charge on any atom is -0.457 e. The van der Waals surface area contributed by atoms with Gasteiger partial charge in [0.05, 0.1) is 9.47 Å². The van der Waals surface area contributed by atoms with Crippen molar-refractivity contribution in [3.8, 4) is 11.5 Å². The van der Waals surface area contributed by atoms with Gasteiger partial charge in [-0.1, -0.05) is 18.2 Å². The van der Waals surface area contributed by atoms with Crippen LogP contribution < -0.4 is 4.74 Å². The highest BCUT2D eigenvalue weighted by molar-refractivity contribution is 9.11. The first-order chi connectivity index (χ1) is 10.3. The van der Waals surface area contributed by atoms with Gasteiger partial charge in [0.25, 0.3) is 0 Å². The Labute approximate surface area is 135 Å². The number of hydrogen-bond donors (Lipinski definition) is 0. The second-order valence-corrected chi connectivity index (χ2v) is 6.80. The van der Waals surface area contributed by atoms with E-state index in [4.69, 9.17) is 4.74 Å². The van der Waals surface area contributed by atoms with Crippen LogP contribution in [0.1, 0.15) is 4.88 Å². The summed E-state index contributed by atoms with van der Waals surface area (Å²) in [6, 6.07) is 21.5. The Morgan fingerprint density at radius 2 is 1.57 bits per heavy atom. The van der Waals surface area contributed by atoms with E-state index in [2.05, 4.69) is 20.9 Å². The molecule has 2 nitrogen and oxygen atoms in total. The van der Waals surface area contributed by atoms with Crippen molar-refractivity contribution in [3.63, 3.8) is 0 Å². The van der Waals surface area contributed by atoms with Crippen molar-refractivity contribution >= 4 is 39.2 Å². The molecule has 0 aliphatic carbocycles. The predicted molar refractivity (Wildman–Crippen MR) is 92.2 cm³/mol. The summed E-state index contributed by atoms with van der Waals surface area (Å²) in [5.41, 5.74) is 0.903. The summed E-state index contributed by atoms with van der Waals surface area (Å²) in [6.07, 6.45) is 1.86. The molecule has 3 rings (SSSR count). The molecule has 0 fully saturated rings. The second-order valence-electron chi connectivity index (χ2n) is 4.31. The molecule has 0 bridgehead atoms. The maximum absolute atomic E-state index is 5.74. The fourth-order valence-corrected chi connectivity index (χ4v) is 3.06. The first kappa shape index (κ1) is 14.0. The highest BCUT2D eigenvalue weighted by Crippen LogP contribution is 2.24. The second kappa shape index (κ2) is 6.70. The molecule has 0 saturated carbocycles. The van der Waals surface area contributed by atoms with Crippen molar-refractivity contribution in [1.82, 2.24) is 0 Å². The average molecular weight is 358 g/mol. The zero-order valence-corrected chi connectivity index (χ0v) is 13.5. The number of nitrogens with zero attached hydrogens (tertiary/aromatic N) is 1. The van der Waals surface area contributed by atoms with Gasteiger partial charge in [-0.05, 0) is 64.5 Å². The molecule has 0 amide bonds. The maximum atomic E-state index is 5.74. The summed E-state index contributed by atoms with van der Waals surface area (Å²) in [5, 5.41) is 0. The fourth-order valence-electron chi connectivity index (χ4n) is 1.76. The molecule has 4 heteroatoms. The molecule has 104 valence electrons. The molecular formula is C17H12BrNOS. The number of benzene rings is 2. The average Bonchev–Trinajstić information content (AvgIpc) is 2.93. The van der Waals surface area contributed by atoms with Crippen LogP contribution in [-0.4, -0.2) is 6.21 Å². The topological polar surface area (TPSA) is 21.6 Å². The van der Waals surface area contributed by atoms with E-state index in [0.717, 1.165) is 25.8 Å². The van der Waals surface area contributed by atoms with Crippen LogP contribution in [0.4, 0.5) is 5.69 Å². The lowest BCUT2D eigenvalue weighted by Crippen LogP contribution is -1.82. The third-order valence-electron chi connectivity index (χ3n) is 2.75. The molecule has 0 atom stereocenters. The number of hydrogen-bond acceptors (Lipinski definition) is 3. The van der Waals surface area contributed by atoms with Crippen molar-refractivity contribution in [3.05, 3.63) is 75.4 Å². The Morgan fingerprint density at radius 3 is 2.24 bits per heavy atom. The summed E-state index contributed by atoms with van der Waals surface area (Å²) in [7, 11) is 0. The summed E-state index contributed by atoms with van der Waals surface area (Å²) in [5.74, 6) is 1.64. The van der Waals surface area contributed by atoms with E-state index in [1.54, 1.807) is 11.3 Å². The Balaban J connectivity index is 1.68. The Kier molecular flexibility index (Phi) is 4.48. The van der Waals surface area contributed by atoms with E-state index in [1.807, 2.05) is 72.9 Å². The number of para-hydroxylation sites is 1. The molecule has 0 unspecified atom stereocenters. The van der Waals surface area contributed by atoms with Gasteiger partial charge in [0, 0.05) is 11.1 Å². The van der Waals surface area contributed by atoms with E-state index >= 15 is 0 Å². The van der Waals surface area contributed by atoms with Gasteiger partial charge in [-0.25, -0.2) is 0 Å². The monoisotopic (exact) mass is 357 g/mol. The number of aliphatic imine (C=N–C) groups is 1. The molecule has 0 aliphatic heterocycles. The fraction of sp³-hybridized carbons (Fsp3) is 0. The Bertz CT molecular complexity index is 735. The summed E-state index contributed by atoms with van der Waals surface area (Å²) in [6.45, 7) is 0. The van der Waals surface area contributed by atoms with Crippen LogP contribution in [-0.2, 0) is 0 Å². The van der Waals surface area contributed by atoms with Crippen LogP contribution in [0.25, 0.3) is 0 Å². The Hall–Kier alpha value is -1.91. The van der Waals surface area contributed by atoms with Crippen LogP contribution in [0.5, 0.6) is 11.5 Å². The summed E-state index contributed by atoms with van der Waals surface area (Å²) in [4.78, 5) is 5.56. The van der Waals surface area contributed by atoms with Crippen molar-refractivity contribution in [2.75, 3.05) is 0 Å². The lowest BCUT2D eigenvalue weighted by molar-refractivity contribution is 0.483. The summed E-state index contributed by atoms with van der Waals surface area (Å²) < 4.78 is 6.85. The molecule has 2 aromatic carbocycles. The van der Waals surface area contributed by atoms with Gasteiger partial charge in [-0.15, -0.1) is 11.3 Å².